The van der Waals surface area contributed by atoms with E-state index in [0.29, 0.717) is 12.2 Å². The van der Waals surface area contributed by atoms with E-state index in [1.54, 1.807) is 0 Å². The van der Waals surface area contributed by atoms with E-state index in [0.717, 1.165) is 55.1 Å². The first-order valence-corrected chi connectivity index (χ1v) is 9.83. The minimum Gasteiger partial charge on any atom is -0.378 e. The van der Waals surface area contributed by atoms with Gasteiger partial charge in [-0.3, -0.25) is 9.20 Å². The van der Waals surface area contributed by atoms with Crippen molar-refractivity contribution in [1.82, 2.24) is 14.7 Å². The highest BCUT2D eigenvalue weighted by molar-refractivity contribution is 6.36. The molecule has 0 saturated carbocycles. The summed E-state index contributed by atoms with van der Waals surface area (Å²) in [5.41, 5.74) is 5.65. The predicted molar refractivity (Wildman–Crippen MR) is 113 cm³/mol. The molecule has 1 amide bonds. The van der Waals surface area contributed by atoms with Crippen LogP contribution in [0.15, 0.2) is 42.6 Å². The van der Waals surface area contributed by atoms with E-state index in [1.165, 1.54) is 5.69 Å². The normalized spacial score (nSPS) is 14.4. The van der Waals surface area contributed by atoms with Gasteiger partial charge in [0.1, 0.15) is 19.2 Å². The van der Waals surface area contributed by atoms with Gasteiger partial charge in [-0.2, -0.15) is 0 Å². The van der Waals surface area contributed by atoms with E-state index in [-0.39, 0.29) is 5.91 Å². The molecule has 2 aromatic heterocycles. The molecule has 1 saturated heterocycles. The summed E-state index contributed by atoms with van der Waals surface area (Å²) in [6.45, 7) is 5.91. The van der Waals surface area contributed by atoms with Gasteiger partial charge in [0.25, 0.3) is 5.91 Å². The van der Waals surface area contributed by atoms with Crippen LogP contribution < -0.4 is 15.7 Å². The van der Waals surface area contributed by atoms with Gasteiger partial charge >= 0.3 is 0 Å². The molecule has 1 aliphatic rings. The SMILES string of the molecule is Bc1cccn2c(C(=O)NCc3ccc(N4CCOCC4)cc3)c(CC)nc12. The van der Waals surface area contributed by atoms with Gasteiger partial charge in [-0.1, -0.05) is 25.1 Å². The molecule has 144 valence electrons. The highest BCUT2D eigenvalue weighted by Crippen LogP contribution is 2.17. The number of carbonyl (C=O) groups is 1. The van der Waals surface area contributed by atoms with Gasteiger partial charge in [-0.25, -0.2) is 4.98 Å². The molecule has 0 spiro atoms. The number of carbonyl (C=O) groups excluding carboxylic acids is 1. The van der Waals surface area contributed by atoms with Crippen LogP contribution in [-0.2, 0) is 17.7 Å². The Hall–Kier alpha value is -2.80. The highest BCUT2D eigenvalue weighted by Gasteiger charge is 2.18. The maximum Gasteiger partial charge on any atom is 0.270 e. The van der Waals surface area contributed by atoms with Crippen LogP contribution in [-0.4, -0.2) is 49.4 Å². The summed E-state index contributed by atoms with van der Waals surface area (Å²) in [6.07, 6.45) is 2.62. The lowest BCUT2D eigenvalue weighted by atomic mass is 9.98. The summed E-state index contributed by atoms with van der Waals surface area (Å²) in [7, 11) is 2.01. The Morgan fingerprint density at radius 1 is 1.21 bits per heavy atom. The Labute approximate surface area is 165 Å². The van der Waals surface area contributed by atoms with Crippen molar-refractivity contribution in [2.45, 2.75) is 19.9 Å². The number of ether oxygens (including phenoxy) is 1. The van der Waals surface area contributed by atoms with Crippen LogP contribution in [0, 0.1) is 0 Å². The first kappa shape index (κ1) is 18.6. The van der Waals surface area contributed by atoms with Crippen LogP contribution >= 0.6 is 0 Å². The summed E-state index contributed by atoms with van der Waals surface area (Å²) in [5.74, 6) is -0.0906. The van der Waals surface area contributed by atoms with Gasteiger partial charge in [-0.15, -0.1) is 0 Å². The number of aryl methyl sites for hydroxylation is 1. The molecule has 0 bridgehead atoms. The maximum atomic E-state index is 12.9. The summed E-state index contributed by atoms with van der Waals surface area (Å²) >= 11 is 0. The lowest BCUT2D eigenvalue weighted by Gasteiger charge is -2.28. The van der Waals surface area contributed by atoms with Gasteiger partial charge in [0.15, 0.2) is 0 Å². The fraction of sp³-hybridized carbons (Fsp3) is 0.333. The summed E-state index contributed by atoms with van der Waals surface area (Å²) in [6, 6.07) is 12.3. The minimum atomic E-state index is -0.0906. The van der Waals surface area contributed by atoms with Gasteiger partial charge in [0.2, 0.25) is 0 Å². The smallest absolute Gasteiger partial charge is 0.270 e. The number of nitrogens with one attached hydrogen (secondary N) is 1. The number of imidazole rings is 1. The molecule has 0 aliphatic carbocycles. The average Bonchev–Trinajstić information content (AvgIpc) is 3.13. The molecule has 3 heterocycles. The standard InChI is InChI=1S/C21H25BN4O2/c1-2-18-19(26-9-3-4-17(22)20(26)24-18)21(27)23-14-15-5-7-16(8-6-15)25-10-12-28-13-11-25/h3-9H,2,10-14,22H2,1H3,(H,23,27). The summed E-state index contributed by atoms with van der Waals surface area (Å²) < 4.78 is 7.30. The summed E-state index contributed by atoms with van der Waals surface area (Å²) in [5, 5.41) is 3.05. The first-order chi connectivity index (χ1) is 13.7. The van der Waals surface area contributed by atoms with E-state index >= 15 is 0 Å². The molecule has 1 N–H and O–H groups in total. The van der Waals surface area contributed by atoms with Crippen molar-refractivity contribution < 1.29 is 9.53 Å². The number of aromatic nitrogens is 2. The third-order valence-corrected chi connectivity index (χ3v) is 5.23. The lowest BCUT2D eigenvalue weighted by Crippen LogP contribution is -2.36. The quantitative estimate of drug-likeness (QED) is 0.673. The number of pyridine rings is 1. The van der Waals surface area contributed by atoms with Crippen molar-refractivity contribution >= 4 is 30.6 Å². The van der Waals surface area contributed by atoms with Crippen molar-refractivity contribution in [1.29, 1.82) is 0 Å². The maximum absolute atomic E-state index is 12.9. The molecular weight excluding hydrogens is 351 g/mol. The van der Waals surface area contributed by atoms with Gasteiger partial charge in [0, 0.05) is 31.5 Å². The van der Waals surface area contributed by atoms with Crippen molar-refractivity contribution in [3.05, 3.63) is 59.5 Å². The second-order valence-corrected chi connectivity index (χ2v) is 7.09. The van der Waals surface area contributed by atoms with Crippen LogP contribution in [0.1, 0.15) is 28.7 Å². The molecule has 0 unspecified atom stereocenters. The molecule has 6 nitrogen and oxygen atoms in total. The number of morpholine rings is 1. The third-order valence-electron chi connectivity index (χ3n) is 5.23. The highest BCUT2D eigenvalue weighted by atomic mass is 16.5. The average molecular weight is 376 g/mol. The van der Waals surface area contributed by atoms with Crippen molar-refractivity contribution in [3.63, 3.8) is 0 Å². The van der Waals surface area contributed by atoms with Crippen molar-refractivity contribution in [3.8, 4) is 0 Å². The third kappa shape index (κ3) is 3.62. The number of hydrogen-bond donors (Lipinski definition) is 1. The van der Waals surface area contributed by atoms with E-state index in [1.807, 2.05) is 37.5 Å². The number of anilines is 1. The number of benzene rings is 1. The fourth-order valence-electron chi connectivity index (χ4n) is 3.65. The molecule has 7 heteroatoms. The van der Waals surface area contributed by atoms with Crippen LogP contribution in [0.25, 0.3) is 5.65 Å². The van der Waals surface area contributed by atoms with E-state index in [9.17, 15) is 4.79 Å². The van der Waals surface area contributed by atoms with Crippen molar-refractivity contribution in [2.75, 3.05) is 31.2 Å². The second kappa shape index (κ2) is 8.06. The molecule has 1 aromatic carbocycles. The van der Waals surface area contributed by atoms with E-state index in [2.05, 4.69) is 39.5 Å². The molecule has 1 fully saturated rings. The predicted octanol–water partition coefficient (Wildman–Crippen LogP) is 0.922. The molecule has 1 aliphatic heterocycles. The van der Waals surface area contributed by atoms with Crippen molar-refractivity contribution in [2.24, 2.45) is 0 Å². The Balaban J connectivity index is 1.47. The number of nitrogens with zero attached hydrogens (tertiary/aromatic N) is 3. The van der Waals surface area contributed by atoms with E-state index in [4.69, 9.17) is 4.74 Å². The number of fused-ring (bicyclic) bond motifs is 1. The second-order valence-electron chi connectivity index (χ2n) is 7.09. The fourth-order valence-corrected chi connectivity index (χ4v) is 3.65. The molecule has 3 aromatic rings. The molecule has 0 atom stereocenters. The van der Waals surface area contributed by atoms with Crippen LogP contribution in [0.3, 0.4) is 0 Å². The topological polar surface area (TPSA) is 58.9 Å². The van der Waals surface area contributed by atoms with Gasteiger partial charge in [-0.05, 0) is 35.6 Å². The first-order valence-electron chi connectivity index (χ1n) is 9.83. The molecule has 0 radical (unpaired) electrons. The lowest BCUT2D eigenvalue weighted by molar-refractivity contribution is 0.0944. The van der Waals surface area contributed by atoms with Crippen LogP contribution in [0.5, 0.6) is 0 Å². The van der Waals surface area contributed by atoms with E-state index < -0.39 is 0 Å². The molecule has 28 heavy (non-hydrogen) atoms. The minimum absolute atomic E-state index is 0.0906. The van der Waals surface area contributed by atoms with Gasteiger partial charge < -0.3 is 15.0 Å². The monoisotopic (exact) mass is 376 g/mol. The van der Waals surface area contributed by atoms with Gasteiger partial charge in [0.05, 0.1) is 18.9 Å². The zero-order valence-electron chi connectivity index (χ0n) is 16.4. The number of rotatable bonds is 5. The Kier molecular flexibility index (Phi) is 5.35. The molecular formula is C21H25BN4O2. The Morgan fingerprint density at radius 2 is 1.96 bits per heavy atom. The van der Waals surface area contributed by atoms with Crippen LogP contribution in [0.4, 0.5) is 5.69 Å². The van der Waals surface area contributed by atoms with Crippen LogP contribution in [0.2, 0.25) is 0 Å². The zero-order chi connectivity index (χ0) is 19.5. The molecule has 4 rings (SSSR count). The zero-order valence-corrected chi connectivity index (χ0v) is 16.4. The Bertz CT molecular complexity index is 978. The number of hydrogen-bond acceptors (Lipinski definition) is 4. The number of amides is 1. The summed E-state index contributed by atoms with van der Waals surface area (Å²) in [4.78, 5) is 19.9. The largest absolute Gasteiger partial charge is 0.378 e. The Morgan fingerprint density at radius 3 is 2.68 bits per heavy atom.